The number of aromatic nitrogens is 1. The molecule has 0 spiro atoms. The van der Waals surface area contributed by atoms with Gasteiger partial charge in [0.2, 0.25) is 10.0 Å². The number of sulfonamides is 1. The van der Waals surface area contributed by atoms with Gasteiger partial charge in [0.15, 0.2) is 0 Å². The third kappa shape index (κ3) is 3.07. The standard InChI is InChI=1S/C10H17N3O3S/c1-4-5-13-7-8(17(11,15)16)6-9(13)10(14)12(2)3/h6-7H,4-5H2,1-3H3,(H2,11,15,16). The molecule has 0 fully saturated rings. The van der Waals surface area contributed by atoms with Crippen LogP contribution in [0.5, 0.6) is 0 Å². The van der Waals surface area contributed by atoms with E-state index in [0.29, 0.717) is 12.2 Å². The maximum atomic E-state index is 11.8. The number of hydrogen-bond acceptors (Lipinski definition) is 3. The zero-order valence-electron chi connectivity index (χ0n) is 10.2. The van der Waals surface area contributed by atoms with Crippen LogP contribution in [0.15, 0.2) is 17.2 Å². The molecule has 17 heavy (non-hydrogen) atoms. The Labute approximate surface area is 101 Å². The Morgan fingerprint density at radius 1 is 1.47 bits per heavy atom. The molecule has 0 aromatic carbocycles. The zero-order chi connectivity index (χ0) is 13.2. The van der Waals surface area contributed by atoms with E-state index in [-0.39, 0.29) is 10.8 Å². The van der Waals surface area contributed by atoms with Gasteiger partial charge in [-0.25, -0.2) is 13.6 Å². The van der Waals surface area contributed by atoms with Crippen molar-refractivity contribution in [3.63, 3.8) is 0 Å². The predicted molar refractivity (Wildman–Crippen MR) is 64.1 cm³/mol. The van der Waals surface area contributed by atoms with Gasteiger partial charge in [-0.3, -0.25) is 4.79 Å². The molecular formula is C10H17N3O3S. The highest BCUT2D eigenvalue weighted by Crippen LogP contribution is 2.15. The molecule has 0 bridgehead atoms. The SMILES string of the molecule is CCCn1cc(S(N)(=O)=O)cc1C(=O)N(C)C. The summed E-state index contributed by atoms with van der Waals surface area (Å²) in [5.74, 6) is -0.242. The van der Waals surface area contributed by atoms with Gasteiger partial charge in [0, 0.05) is 26.8 Å². The number of amides is 1. The molecule has 1 aromatic rings. The van der Waals surface area contributed by atoms with Gasteiger partial charge in [-0.15, -0.1) is 0 Å². The van der Waals surface area contributed by atoms with Crippen molar-refractivity contribution in [2.45, 2.75) is 24.8 Å². The fourth-order valence-corrected chi connectivity index (χ4v) is 2.02. The normalized spacial score (nSPS) is 11.5. The second kappa shape index (κ2) is 4.89. The molecule has 96 valence electrons. The van der Waals surface area contributed by atoms with Gasteiger partial charge in [-0.05, 0) is 12.5 Å². The van der Waals surface area contributed by atoms with Crippen LogP contribution in [0.1, 0.15) is 23.8 Å². The van der Waals surface area contributed by atoms with E-state index in [1.54, 1.807) is 18.7 Å². The van der Waals surface area contributed by atoms with Gasteiger partial charge < -0.3 is 9.47 Å². The van der Waals surface area contributed by atoms with Crippen LogP contribution in [0.25, 0.3) is 0 Å². The van der Waals surface area contributed by atoms with Crippen molar-refractivity contribution < 1.29 is 13.2 Å². The van der Waals surface area contributed by atoms with E-state index in [9.17, 15) is 13.2 Å². The van der Waals surface area contributed by atoms with Crippen LogP contribution >= 0.6 is 0 Å². The topological polar surface area (TPSA) is 85.4 Å². The van der Waals surface area contributed by atoms with E-state index in [1.807, 2.05) is 6.92 Å². The van der Waals surface area contributed by atoms with Gasteiger partial charge >= 0.3 is 0 Å². The molecule has 1 aromatic heterocycles. The quantitative estimate of drug-likeness (QED) is 0.841. The second-order valence-electron chi connectivity index (χ2n) is 4.00. The Hall–Kier alpha value is -1.34. The van der Waals surface area contributed by atoms with Crippen LogP contribution in [0.3, 0.4) is 0 Å². The minimum absolute atomic E-state index is 0.0313. The summed E-state index contributed by atoms with van der Waals surface area (Å²) < 4.78 is 24.1. The number of aryl methyl sites for hydroxylation is 1. The Bertz CT molecular complexity index is 517. The van der Waals surface area contributed by atoms with Crippen LogP contribution in [-0.2, 0) is 16.6 Å². The minimum atomic E-state index is -3.77. The Morgan fingerprint density at radius 2 is 2.06 bits per heavy atom. The van der Waals surface area contributed by atoms with Gasteiger partial charge in [0.25, 0.3) is 5.91 Å². The average Bonchev–Trinajstić information content (AvgIpc) is 2.60. The van der Waals surface area contributed by atoms with Crippen molar-refractivity contribution in [3.05, 3.63) is 18.0 Å². The Balaban J connectivity index is 3.28. The summed E-state index contributed by atoms with van der Waals surface area (Å²) in [4.78, 5) is 13.2. The summed E-state index contributed by atoms with van der Waals surface area (Å²) >= 11 is 0. The second-order valence-corrected chi connectivity index (χ2v) is 5.56. The van der Waals surface area contributed by atoms with Crippen LogP contribution in [0.2, 0.25) is 0 Å². The average molecular weight is 259 g/mol. The van der Waals surface area contributed by atoms with Crippen LogP contribution in [-0.4, -0.2) is 37.9 Å². The Morgan fingerprint density at radius 3 is 2.47 bits per heavy atom. The first-order valence-electron chi connectivity index (χ1n) is 5.22. The minimum Gasteiger partial charge on any atom is -0.343 e. The number of carbonyl (C=O) groups is 1. The molecule has 7 heteroatoms. The molecule has 0 unspecified atom stereocenters. The van der Waals surface area contributed by atoms with Crippen LogP contribution in [0, 0.1) is 0 Å². The molecule has 0 aliphatic carbocycles. The lowest BCUT2D eigenvalue weighted by Gasteiger charge is -2.12. The van der Waals surface area contributed by atoms with Crippen LogP contribution < -0.4 is 5.14 Å². The van der Waals surface area contributed by atoms with Gasteiger partial charge in [0.05, 0.1) is 0 Å². The number of nitrogens with zero attached hydrogens (tertiary/aromatic N) is 2. The lowest BCUT2D eigenvalue weighted by molar-refractivity contribution is 0.0817. The first kappa shape index (κ1) is 13.7. The largest absolute Gasteiger partial charge is 0.343 e. The highest BCUT2D eigenvalue weighted by molar-refractivity contribution is 7.89. The molecule has 0 aliphatic rings. The summed E-state index contributed by atoms with van der Waals surface area (Å²) in [6.07, 6.45) is 2.20. The molecule has 2 N–H and O–H groups in total. The maximum absolute atomic E-state index is 11.8. The monoisotopic (exact) mass is 259 g/mol. The molecule has 0 atom stereocenters. The molecule has 6 nitrogen and oxygen atoms in total. The summed E-state index contributed by atoms with van der Waals surface area (Å²) in [6.45, 7) is 2.52. The fraction of sp³-hybridized carbons (Fsp3) is 0.500. The number of carbonyl (C=O) groups excluding carboxylic acids is 1. The highest BCUT2D eigenvalue weighted by atomic mass is 32.2. The Kier molecular flexibility index (Phi) is 3.94. The number of primary sulfonamides is 1. The molecular weight excluding hydrogens is 242 g/mol. The molecule has 1 amide bonds. The first-order valence-corrected chi connectivity index (χ1v) is 6.76. The molecule has 0 aliphatic heterocycles. The molecule has 0 radical (unpaired) electrons. The van der Waals surface area contributed by atoms with Crippen LogP contribution in [0.4, 0.5) is 0 Å². The number of rotatable bonds is 4. The van der Waals surface area contributed by atoms with E-state index in [4.69, 9.17) is 5.14 Å². The van der Waals surface area contributed by atoms with Crippen molar-refractivity contribution in [2.75, 3.05) is 14.1 Å². The summed E-state index contributed by atoms with van der Waals surface area (Å²) in [6, 6.07) is 1.31. The molecule has 1 heterocycles. The number of nitrogens with two attached hydrogens (primary N) is 1. The third-order valence-electron chi connectivity index (χ3n) is 2.29. The zero-order valence-corrected chi connectivity index (χ0v) is 11.0. The van der Waals surface area contributed by atoms with E-state index in [1.165, 1.54) is 17.2 Å². The van der Waals surface area contributed by atoms with E-state index in [0.717, 1.165) is 6.42 Å². The van der Waals surface area contributed by atoms with Crippen molar-refractivity contribution in [1.82, 2.24) is 9.47 Å². The van der Waals surface area contributed by atoms with Crippen molar-refractivity contribution in [1.29, 1.82) is 0 Å². The van der Waals surface area contributed by atoms with Gasteiger partial charge in [-0.2, -0.15) is 0 Å². The summed E-state index contributed by atoms with van der Waals surface area (Å²) in [5, 5.41) is 5.05. The van der Waals surface area contributed by atoms with Gasteiger partial charge in [0.1, 0.15) is 10.6 Å². The third-order valence-corrected chi connectivity index (χ3v) is 3.17. The maximum Gasteiger partial charge on any atom is 0.270 e. The number of hydrogen-bond donors (Lipinski definition) is 1. The smallest absolute Gasteiger partial charge is 0.270 e. The lowest BCUT2D eigenvalue weighted by atomic mass is 10.3. The summed E-state index contributed by atoms with van der Waals surface area (Å²) in [7, 11) is -0.547. The molecule has 1 rings (SSSR count). The first-order chi connectivity index (χ1) is 7.77. The molecule has 0 saturated heterocycles. The van der Waals surface area contributed by atoms with E-state index >= 15 is 0 Å². The highest BCUT2D eigenvalue weighted by Gasteiger charge is 2.19. The fourth-order valence-electron chi connectivity index (χ4n) is 1.47. The van der Waals surface area contributed by atoms with E-state index < -0.39 is 10.0 Å². The summed E-state index contributed by atoms with van der Waals surface area (Å²) in [5.41, 5.74) is 0.334. The molecule has 0 saturated carbocycles. The van der Waals surface area contributed by atoms with Crippen molar-refractivity contribution >= 4 is 15.9 Å². The lowest BCUT2D eigenvalue weighted by Crippen LogP contribution is -2.24. The van der Waals surface area contributed by atoms with Gasteiger partial charge in [-0.1, -0.05) is 6.92 Å². The van der Waals surface area contributed by atoms with Crippen molar-refractivity contribution in [2.24, 2.45) is 5.14 Å². The predicted octanol–water partition coefficient (Wildman–Crippen LogP) is 0.247. The van der Waals surface area contributed by atoms with Crippen molar-refractivity contribution in [3.8, 4) is 0 Å². The van der Waals surface area contributed by atoms with E-state index in [2.05, 4.69) is 0 Å².